The van der Waals surface area contributed by atoms with Crippen molar-refractivity contribution < 1.29 is 17.6 Å². The summed E-state index contributed by atoms with van der Waals surface area (Å²) >= 11 is 0. The van der Waals surface area contributed by atoms with Crippen molar-refractivity contribution in [3.63, 3.8) is 0 Å². The number of aryl methyl sites for hydroxylation is 2. The number of halogens is 1. The topological polar surface area (TPSA) is 129 Å². The van der Waals surface area contributed by atoms with Crippen LogP contribution in [0.15, 0.2) is 77.8 Å². The number of nitrogens with zero attached hydrogens (tertiary/aromatic N) is 4. The van der Waals surface area contributed by atoms with Crippen molar-refractivity contribution in [2.45, 2.75) is 18.7 Å². The smallest absolute Gasteiger partial charge is 0.268 e. The Kier molecular flexibility index (Phi) is 5.21. The highest BCUT2D eigenvalue weighted by Gasteiger charge is 2.33. The highest BCUT2D eigenvalue weighted by atomic mass is 32.2. The molecular formula is C27H21FN6O3S. The van der Waals surface area contributed by atoms with Crippen LogP contribution in [0.2, 0.25) is 0 Å². The first-order valence-corrected chi connectivity index (χ1v) is 13.1. The van der Waals surface area contributed by atoms with E-state index in [0.717, 1.165) is 20.9 Å². The van der Waals surface area contributed by atoms with Gasteiger partial charge in [-0.3, -0.25) is 4.79 Å². The second kappa shape index (κ2) is 8.38. The number of ketones is 1. The van der Waals surface area contributed by atoms with Gasteiger partial charge in [0.15, 0.2) is 5.82 Å². The zero-order valence-corrected chi connectivity index (χ0v) is 21.1. The number of nitrogens with one attached hydrogen (secondary N) is 1. The van der Waals surface area contributed by atoms with Crippen LogP contribution < -0.4 is 5.73 Å². The third-order valence-electron chi connectivity index (χ3n) is 6.43. The fraction of sp³-hybridized carbons (Fsp3) is 0.0741. The van der Waals surface area contributed by atoms with Gasteiger partial charge in [-0.1, -0.05) is 29.8 Å². The van der Waals surface area contributed by atoms with E-state index >= 15 is 4.39 Å². The second-order valence-corrected chi connectivity index (χ2v) is 10.8. The van der Waals surface area contributed by atoms with E-state index in [2.05, 4.69) is 15.1 Å². The van der Waals surface area contributed by atoms with Crippen LogP contribution in [0.1, 0.15) is 27.4 Å². The highest BCUT2D eigenvalue weighted by Crippen LogP contribution is 2.32. The minimum atomic E-state index is -4.35. The molecule has 6 aromatic rings. The molecule has 0 spiro atoms. The largest absolute Gasteiger partial charge is 0.383 e. The number of anilines is 1. The standard InChI is InChI=1S/C27H21FN6O3S/c1-15-7-10-18(11-8-15)38(36,37)34-23-6-4-3-5-19(23)24(28)25(34)26(35)20-14-30-33(27(20)29)17-9-12-21-22(13-17)32-16(2)31-21/h3-14H,29H2,1-2H3,(H,31,32). The van der Waals surface area contributed by atoms with Crippen LogP contribution in [0.25, 0.3) is 27.6 Å². The fourth-order valence-electron chi connectivity index (χ4n) is 4.55. The van der Waals surface area contributed by atoms with Gasteiger partial charge in [0.1, 0.15) is 17.3 Å². The van der Waals surface area contributed by atoms with Crippen LogP contribution in [-0.2, 0) is 10.0 Å². The first-order valence-electron chi connectivity index (χ1n) is 11.6. The molecule has 0 fully saturated rings. The van der Waals surface area contributed by atoms with Crippen molar-refractivity contribution >= 4 is 43.6 Å². The lowest BCUT2D eigenvalue weighted by Crippen LogP contribution is -2.20. The van der Waals surface area contributed by atoms with E-state index < -0.39 is 27.3 Å². The zero-order chi connectivity index (χ0) is 26.8. The van der Waals surface area contributed by atoms with Gasteiger partial charge in [0.05, 0.1) is 38.9 Å². The minimum absolute atomic E-state index is 0.00291. The number of benzene rings is 3. The van der Waals surface area contributed by atoms with Crippen LogP contribution in [0.3, 0.4) is 0 Å². The van der Waals surface area contributed by atoms with Gasteiger partial charge in [-0.25, -0.2) is 26.4 Å². The van der Waals surface area contributed by atoms with Gasteiger partial charge in [0, 0.05) is 5.39 Å². The number of nitrogen functional groups attached to an aromatic ring is 1. The summed E-state index contributed by atoms with van der Waals surface area (Å²) in [5.74, 6) is -1.19. The molecule has 0 aliphatic rings. The molecule has 190 valence electrons. The van der Waals surface area contributed by atoms with E-state index in [1.807, 2.05) is 13.8 Å². The number of H-pyrrole nitrogens is 1. The van der Waals surface area contributed by atoms with Crippen molar-refractivity contribution in [2.24, 2.45) is 0 Å². The predicted octanol–water partition coefficient (Wildman–Crippen LogP) is 4.51. The number of hydrogen-bond acceptors (Lipinski definition) is 6. The molecule has 9 nitrogen and oxygen atoms in total. The summed E-state index contributed by atoms with van der Waals surface area (Å²) < 4.78 is 45.4. The van der Waals surface area contributed by atoms with Crippen molar-refractivity contribution in [3.8, 4) is 5.69 Å². The van der Waals surface area contributed by atoms with Gasteiger partial charge in [0.2, 0.25) is 5.78 Å². The lowest BCUT2D eigenvalue weighted by atomic mass is 10.1. The molecule has 6 rings (SSSR count). The average molecular weight is 529 g/mol. The Labute approximate surface area is 216 Å². The Morgan fingerprint density at radius 3 is 2.53 bits per heavy atom. The second-order valence-electron chi connectivity index (χ2n) is 8.97. The number of hydrogen-bond donors (Lipinski definition) is 2. The van der Waals surface area contributed by atoms with Gasteiger partial charge in [-0.2, -0.15) is 5.10 Å². The Hall–Kier alpha value is -4.77. The summed E-state index contributed by atoms with van der Waals surface area (Å²) in [6.07, 6.45) is 1.21. The van der Waals surface area contributed by atoms with Gasteiger partial charge >= 0.3 is 0 Å². The van der Waals surface area contributed by atoms with Gasteiger partial charge in [0.25, 0.3) is 10.0 Å². The van der Waals surface area contributed by atoms with Crippen molar-refractivity contribution in [1.29, 1.82) is 0 Å². The summed E-state index contributed by atoms with van der Waals surface area (Å²) in [6.45, 7) is 3.65. The number of para-hydroxylation sites is 1. The zero-order valence-electron chi connectivity index (χ0n) is 20.3. The molecule has 38 heavy (non-hydrogen) atoms. The summed E-state index contributed by atoms with van der Waals surface area (Å²) in [4.78, 5) is 21.2. The molecule has 0 aliphatic carbocycles. The maximum Gasteiger partial charge on any atom is 0.268 e. The first-order chi connectivity index (χ1) is 18.2. The van der Waals surface area contributed by atoms with E-state index in [1.165, 1.54) is 35.1 Å². The van der Waals surface area contributed by atoms with Gasteiger partial charge in [-0.15, -0.1) is 0 Å². The average Bonchev–Trinajstić information content (AvgIpc) is 3.56. The molecule has 0 saturated carbocycles. The number of fused-ring (bicyclic) bond motifs is 2. The maximum absolute atomic E-state index is 15.8. The quantitative estimate of drug-likeness (QED) is 0.317. The van der Waals surface area contributed by atoms with E-state index in [4.69, 9.17) is 5.73 Å². The number of nitrogens with two attached hydrogens (primary N) is 1. The van der Waals surface area contributed by atoms with Crippen LogP contribution >= 0.6 is 0 Å². The predicted molar refractivity (Wildman–Crippen MR) is 141 cm³/mol. The maximum atomic E-state index is 15.8. The van der Waals surface area contributed by atoms with Crippen molar-refractivity contribution in [1.82, 2.24) is 23.7 Å². The molecule has 0 saturated heterocycles. The Bertz CT molecular complexity index is 2000. The summed E-state index contributed by atoms with van der Waals surface area (Å²) in [6, 6.07) is 17.4. The summed E-state index contributed by atoms with van der Waals surface area (Å²) in [7, 11) is -4.35. The molecule has 0 unspecified atom stereocenters. The SMILES string of the molecule is Cc1ccc(S(=O)(=O)n2c(C(=O)c3cnn(-c4ccc5[nH]c(C)nc5c4)c3N)c(F)c3ccccc32)cc1. The monoisotopic (exact) mass is 528 g/mol. The van der Waals surface area contributed by atoms with Crippen LogP contribution in [0, 0.1) is 19.7 Å². The molecule has 3 aromatic heterocycles. The molecular weight excluding hydrogens is 507 g/mol. The number of aromatic nitrogens is 5. The molecule has 0 aliphatic heterocycles. The molecule has 0 amide bonds. The normalized spacial score (nSPS) is 12.0. The van der Waals surface area contributed by atoms with E-state index in [1.54, 1.807) is 42.5 Å². The van der Waals surface area contributed by atoms with E-state index in [9.17, 15) is 13.2 Å². The van der Waals surface area contributed by atoms with Crippen molar-refractivity contribution in [3.05, 3.63) is 101 Å². The van der Waals surface area contributed by atoms with Gasteiger partial charge in [-0.05, 0) is 56.3 Å². The number of imidazole rings is 1. The van der Waals surface area contributed by atoms with Crippen LogP contribution in [0.5, 0.6) is 0 Å². The third kappa shape index (κ3) is 3.51. The summed E-state index contributed by atoms with van der Waals surface area (Å²) in [5.41, 5.74) is 8.48. The molecule has 11 heteroatoms. The van der Waals surface area contributed by atoms with Crippen LogP contribution in [-0.4, -0.2) is 37.9 Å². The Morgan fingerprint density at radius 1 is 1.03 bits per heavy atom. The fourth-order valence-corrected chi connectivity index (χ4v) is 6.06. The van der Waals surface area contributed by atoms with Crippen LogP contribution in [0.4, 0.5) is 10.2 Å². The molecule has 0 bridgehead atoms. The summed E-state index contributed by atoms with van der Waals surface area (Å²) in [5, 5.41) is 4.24. The van der Waals surface area contributed by atoms with E-state index in [0.29, 0.717) is 11.2 Å². The van der Waals surface area contributed by atoms with E-state index in [-0.39, 0.29) is 27.2 Å². The molecule has 3 heterocycles. The Balaban J connectivity index is 1.53. The van der Waals surface area contributed by atoms with Gasteiger partial charge < -0.3 is 10.7 Å². The lowest BCUT2D eigenvalue weighted by molar-refractivity contribution is 0.103. The number of rotatable bonds is 5. The minimum Gasteiger partial charge on any atom is -0.383 e. The molecule has 0 radical (unpaired) electrons. The third-order valence-corrected chi connectivity index (χ3v) is 8.15. The highest BCUT2D eigenvalue weighted by molar-refractivity contribution is 7.90. The molecule has 3 aromatic carbocycles. The number of aromatic amines is 1. The molecule has 0 atom stereocenters. The first kappa shape index (κ1) is 23.6. The molecule has 3 N–H and O–H groups in total. The lowest BCUT2D eigenvalue weighted by Gasteiger charge is -2.12. The van der Waals surface area contributed by atoms with Crippen molar-refractivity contribution in [2.75, 3.05) is 5.73 Å². The number of carbonyl (C=O) groups is 1. The number of carbonyl (C=O) groups excluding carboxylic acids is 1. The Morgan fingerprint density at radius 2 is 1.76 bits per heavy atom.